The number of piperazine rings is 1. The smallest absolute Gasteiger partial charge is 0.407 e. The van der Waals surface area contributed by atoms with Crippen molar-refractivity contribution in [3.63, 3.8) is 0 Å². The van der Waals surface area contributed by atoms with Crippen molar-refractivity contribution in [3.05, 3.63) is 59.4 Å². The van der Waals surface area contributed by atoms with Crippen molar-refractivity contribution in [2.45, 2.75) is 46.3 Å². The summed E-state index contributed by atoms with van der Waals surface area (Å²) in [5, 5.41) is 9.71. The molecule has 1 atom stereocenters. The average Bonchev–Trinajstić information content (AvgIpc) is 2.67. The van der Waals surface area contributed by atoms with E-state index in [1.807, 2.05) is 31.2 Å². The summed E-state index contributed by atoms with van der Waals surface area (Å²) < 4.78 is 14.4. The maximum Gasteiger partial charge on any atom is 0.407 e. The van der Waals surface area contributed by atoms with Crippen LogP contribution < -0.4 is 5.73 Å². The topological polar surface area (TPSA) is 69.8 Å². The van der Waals surface area contributed by atoms with Crippen LogP contribution in [0.2, 0.25) is 0 Å². The number of hydrogen-bond acceptors (Lipinski definition) is 3. The van der Waals surface area contributed by atoms with Gasteiger partial charge in [-0.15, -0.1) is 0 Å². The van der Waals surface area contributed by atoms with Crippen LogP contribution in [0.4, 0.5) is 9.18 Å². The lowest BCUT2D eigenvalue weighted by atomic mass is 9.72. The van der Waals surface area contributed by atoms with Gasteiger partial charge in [0.2, 0.25) is 0 Å². The van der Waals surface area contributed by atoms with Crippen LogP contribution in [0.5, 0.6) is 0 Å². The molecule has 1 heterocycles. The van der Waals surface area contributed by atoms with Gasteiger partial charge < -0.3 is 10.8 Å². The van der Waals surface area contributed by atoms with Crippen molar-refractivity contribution in [1.82, 2.24) is 9.80 Å². The first kappa shape index (κ1) is 22.2. The summed E-state index contributed by atoms with van der Waals surface area (Å²) in [6, 6.07) is 12.9. The molecule has 3 rings (SSSR count). The zero-order valence-electron chi connectivity index (χ0n) is 18.3. The first-order valence-electron chi connectivity index (χ1n) is 10.4. The second-order valence-corrected chi connectivity index (χ2v) is 9.39. The van der Waals surface area contributed by atoms with Gasteiger partial charge in [0.15, 0.2) is 0 Å². The van der Waals surface area contributed by atoms with Crippen LogP contribution in [0.25, 0.3) is 11.1 Å². The Morgan fingerprint density at radius 1 is 1.17 bits per heavy atom. The van der Waals surface area contributed by atoms with Crippen molar-refractivity contribution in [3.8, 4) is 11.1 Å². The monoisotopic (exact) mass is 413 g/mol. The van der Waals surface area contributed by atoms with Gasteiger partial charge in [-0.25, -0.2) is 9.18 Å². The number of carboxylic acid groups (broad SMARTS) is 1. The second kappa shape index (κ2) is 8.36. The van der Waals surface area contributed by atoms with Crippen LogP contribution in [0.3, 0.4) is 0 Å². The van der Waals surface area contributed by atoms with E-state index in [-0.39, 0.29) is 11.2 Å². The number of carbonyl (C=O) groups is 1. The maximum absolute atomic E-state index is 14.4. The molecule has 6 heteroatoms. The highest BCUT2D eigenvalue weighted by molar-refractivity contribution is 5.67. The first-order chi connectivity index (χ1) is 14.0. The molecule has 0 radical (unpaired) electrons. The molecule has 1 saturated heterocycles. The molecule has 0 saturated carbocycles. The maximum atomic E-state index is 14.4. The van der Waals surface area contributed by atoms with E-state index in [4.69, 9.17) is 5.73 Å². The van der Waals surface area contributed by atoms with Crippen molar-refractivity contribution >= 4 is 6.09 Å². The van der Waals surface area contributed by atoms with E-state index in [9.17, 15) is 14.3 Å². The zero-order valence-corrected chi connectivity index (χ0v) is 18.3. The normalized spacial score (nSPS) is 20.4. The molecule has 1 fully saturated rings. The Balaban J connectivity index is 1.84. The van der Waals surface area contributed by atoms with Crippen LogP contribution in [0, 0.1) is 11.2 Å². The van der Waals surface area contributed by atoms with Gasteiger partial charge in [0.05, 0.1) is 5.54 Å². The number of nitrogens with two attached hydrogens (primary N) is 1. The van der Waals surface area contributed by atoms with Gasteiger partial charge in [-0.2, -0.15) is 0 Å². The van der Waals surface area contributed by atoms with E-state index in [0.29, 0.717) is 38.3 Å². The molecule has 1 aliphatic heterocycles. The third-order valence-electron chi connectivity index (χ3n) is 6.52. The Hall–Kier alpha value is -2.44. The molecule has 0 aliphatic carbocycles. The van der Waals surface area contributed by atoms with Crippen molar-refractivity contribution in [2.75, 3.05) is 19.6 Å². The minimum atomic E-state index is -0.871. The second-order valence-electron chi connectivity index (χ2n) is 9.39. The number of amides is 1. The van der Waals surface area contributed by atoms with E-state index in [0.717, 1.165) is 16.7 Å². The Morgan fingerprint density at radius 3 is 2.53 bits per heavy atom. The van der Waals surface area contributed by atoms with Crippen LogP contribution in [-0.4, -0.2) is 46.2 Å². The third-order valence-corrected chi connectivity index (χ3v) is 6.52. The number of nitrogens with zero attached hydrogens (tertiary/aromatic N) is 2. The molecule has 0 aromatic heterocycles. The summed E-state index contributed by atoms with van der Waals surface area (Å²) in [5.41, 5.74) is 8.34. The summed E-state index contributed by atoms with van der Waals surface area (Å²) >= 11 is 0. The standard InChI is InChI=1S/C24H32FN3O2/c1-23(2,3)24(4)16-27(10-11-28(24)22(29)30)15-18-6-5-7-19(12-18)20-13-17(14-26)8-9-21(20)25/h5-9,12-13H,10-11,14-16,26H2,1-4H3,(H,29,30)/t24-/m0/s1. The molecule has 0 spiro atoms. The average molecular weight is 414 g/mol. The van der Waals surface area contributed by atoms with Gasteiger partial charge in [-0.1, -0.05) is 45.0 Å². The van der Waals surface area contributed by atoms with Crippen molar-refractivity contribution < 1.29 is 14.3 Å². The molecule has 1 aliphatic rings. The summed E-state index contributed by atoms with van der Waals surface area (Å²) in [6.07, 6.45) is -0.871. The first-order valence-corrected chi connectivity index (χ1v) is 10.4. The van der Waals surface area contributed by atoms with Gasteiger partial charge in [0.25, 0.3) is 0 Å². The van der Waals surface area contributed by atoms with Gasteiger partial charge in [0, 0.05) is 38.3 Å². The van der Waals surface area contributed by atoms with Gasteiger partial charge in [0.1, 0.15) is 5.82 Å². The molecule has 0 bridgehead atoms. The minimum Gasteiger partial charge on any atom is -0.465 e. The predicted molar refractivity (Wildman–Crippen MR) is 118 cm³/mol. The van der Waals surface area contributed by atoms with Gasteiger partial charge >= 0.3 is 6.09 Å². The fourth-order valence-electron chi connectivity index (χ4n) is 4.19. The van der Waals surface area contributed by atoms with E-state index in [1.54, 1.807) is 17.0 Å². The Bertz CT molecular complexity index is 925. The van der Waals surface area contributed by atoms with Crippen LogP contribution >= 0.6 is 0 Å². The van der Waals surface area contributed by atoms with E-state index in [1.165, 1.54) is 6.07 Å². The van der Waals surface area contributed by atoms with Crippen LogP contribution in [0.15, 0.2) is 42.5 Å². The fourth-order valence-corrected chi connectivity index (χ4v) is 4.19. The number of rotatable bonds is 4. The Morgan fingerprint density at radius 2 is 1.90 bits per heavy atom. The quantitative estimate of drug-likeness (QED) is 0.771. The molecule has 0 unspecified atom stereocenters. The van der Waals surface area contributed by atoms with E-state index in [2.05, 4.69) is 25.7 Å². The lowest BCUT2D eigenvalue weighted by Crippen LogP contribution is -2.67. The highest BCUT2D eigenvalue weighted by Gasteiger charge is 2.48. The Kier molecular flexibility index (Phi) is 6.20. The summed E-state index contributed by atoms with van der Waals surface area (Å²) in [6.45, 7) is 11.1. The van der Waals surface area contributed by atoms with Crippen molar-refractivity contribution in [1.29, 1.82) is 0 Å². The third kappa shape index (κ3) is 4.35. The molecule has 162 valence electrons. The molecule has 30 heavy (non-hydrogen) atoms. The SMILES string of the molecule is CC(C)(C)[C@]1(C)CN(Cc2cccc(-c3cc(CN)ccc3F)c2)CCN1C(=O)O. The zero-order chi connectivity index (χ0) is 22.1. The molecule has 3 N–H and O–H groups in total. The molecule has 2 aromatic rings. The van der Waals surface area contributed by atoms with Crippen LogP contribution in [-0.2, 0) is 13.1 Å². The lowest BCUT2D eigenvalue weighted by Gasteiger charge is -2.54. The number of benzene rings is 2. The summed E-state index contributed by atoms with van der Waals surface area (Å²) in [7, 11) is 0. The Labute approximate surface area is 178 Å². The largest absolute Gasteiger partial charge is 0.465 e. The summed E-state index contributed by atoms with van der Waals surface area (Å²) in [5.74, 6) is -0.264. The number of halogens is 1. The van der Waals surface area contributed by atoms with Gasteiger partial charge in [-0.05, 0) is 47.2 Å². The van der Waals surface area contributed by atoms with Gasteiger partial charge in [-0.3, -0.25) is 9.80 Å². The van der Waals surface area contributed by atoms with Crippen LogP contribution in [0.1, 0.15) is 38.8 Å². The van der Waals surface area contributed by atoms with Crippen molar-refractivity contribution in [2.24, 2.45) is 11.1 Å². The lowest BCUT2D eigenvalue weighted by molar-refractivity contribution is -0.0461. The predicted octanol–water partition coefficient (Wildman–Crippen LogP) is 4.55. The molecular formula is C24H32FN3O2. The fraction of sp³-hybridized carbons (Fsp3) is 0.458. The number of hydrogen-bond donors (Lipinski definition) is 2. The van der Waals surface area contributed by atoms with E-state index < -0.39 is 11.6 Å². The minimum absolute atomic E-state index is 0.211. The molecular weight excluding hydrogens is 381 g/mol. The highest BCUT2D eigenvalue weighted by Crippen LogP contribution is 2.39. The highest BCUT2D eigenvalue weighted by atomic mass is 19.1. The molecule has 1 amide bonds. The van der Waals surface area contributed by atoms with E-state index >= 15 is 0 Å². The summed E-state index contributed by atoms with van der Waals surface area (Å²) in [4.78, 5) is 15.7. The molecule has 5 nitrogen and oxygen atoms in total. The molecule has 2 aromatic carbocycles.